The minimum Gasteiger partial charge on any atom is -0.497 e. The van der Waals surface area contributed by atoms with Crippen LogP contribution in [0, 0.1) is 5.92 Å². The number of carbonyl (C=O) groups excluding carboxylic acids is 1. The van der Waals surface area contributed by atoms with Gasteiger partial charge in [-0.05, 0) is 53.8 Å². The normalized spacial score (nSPS) is 12.4. The van der Waals surface area contributed by atoms with Crippen molar-refractivity contribution in [3.63, 3.8) is 0 Å². The van der Waals surface area contributed by atoms with Crippen molar-refractivity contribution in [2.24, 2.45) is 5.92 Å². The summed E-state index contributed by atoms with van der Waals surface area (Å²) in [5.74, 6) is 1.16. The largest absolute Gasteiger partial charge is 0.497 e. The van der Waals surface area contributed by atoms with Crippen LogP contribution < -0.4 is 10.1 Å². The van der Waals surface area contributed by atoms with E-state index in [2.05, 4.69) is 19.2 Å². The molecule has 0 fully saturated rings. The standard InChI is InChI=1S/C21H24ClNO2/c1-15(2)14-20(17-7-11-19(25-3)12-8-17)23-21(24)13-6-16-4-9-18(22)10-5-16/h4-13,15,20H,14H2,1-3H3,(H,23,24)/b13-6+/t20-/m0/s1. The van der Waals surface area contributed by atoms with Gasteiger partial charge in [0, 0.05) is 11.1 Å². The summed E-state index contributed by atoms with van der Waals surface area (Å²) in [6.45, 7) is 4.29. The minimum absolute atomic E-state index is 0.0340. The number of nitrogens with one attached hydrogen (secondary N) is 1. The molecule has 25 heavy (non-hydrogen) atoms. The molecule has 1 N–H and O–H groups in total. The second-order valence-corrected chi connectivity index (χ2v) is 6.79. The molecule has 132 valence electrons. The average Bonchev–Trinajstić information content (AvgIpc) is 2.60. The van der Waals surface area contributed by atoms with Gasteiger partial charge in [-0.3, -0.25) is 4.79 Å². The molecule has 2 rings (SSSR count). The molecule has 0 aliphatic heterocycles. The van der Waals surface area contributed by atoms with Gasteiger partial charge in [-0.2, -0.15) is 0 Å². The van der Waals surface area contributed by atoms with Crippen molar-refractivity contribution in [1.82, 2.24) is 5.32 Å². The van der Waals surface area contributed by atoms with E-state index in [9.17, 15) is 4.79 Å². The Labute approximate surface area is 154 Å². The monoisotopic (exact) mass is 357 g/mol. The predicted octanol–water partition coefficient (Wildman–Crippen LogP) is 5.27. The Hall–Kier alpha value is -2.26. The molecule has 0 radical (unpaired) electrons. The maximum atomic E-state index is 12.3. The number of amides is 1. The first-order valence-corrected chi connectivity index (χ1v) is 8.74. The Bertz CT molecular complexity index is 706. The van der Waals surface area contributed by atoms with E-state index in [1.54, 1.807) is 31.4 Å². The van der Waals surface area contributed by atoms with Gasteiger partial charge in [0.25, 0.3) is 0 Å². The van der Waals surface area contributed by atoms with Crippen LogP contribution in [0.25, 0.3) is 6.08 Å². The number of hydrogen-bond acceptors (Lipinski definition) is 2. The van der Waals surface area contributed by atoms with Crippen LogP contribution in [-0.4, -0.2) is 13.0 Å². The van der Waals surface area contributed by atoms with Gasteiger partial charge in [-0.25, -0.2) is 0 Å². The summed E-state index contributed by atoms with van der Waals surface area (Å²) in [6, 6.07) is 15.1. The second kappa shape index (κ2) is 9.28. The SMILES string of the molecule is COc1ccc([C@H](CC(C)C)NC(=O)/C=C/c2ccc(Cl)cc2)cc1. The van der Waals surface area contributed by atoms with Gasteiger partial charge >= 0.3 is 0 Å². The van der Waals surface area contributed by atoms with E-state index in [1.165, 1.54) is 0 Å². The highest BCUT2D eigenvalue weighted by Crippen LogP contribution is 2.23. The van der Waals surface area contributed by atoms with E-state index < -0.39 is 0 Å². The Kier molecular flexibility index (Phi) is 7.08. The summed E-state index contributed by atoms with van der Waals surface area (Å²) in [6.07, 6.45) is 4.21. The summed E-state index contributed by atoms with van der Waals surface area (Å²) < 4.78 is 5.20. The van der Waals surface area contributed by atoms with Crippen molar-refractivity contribution in [3.05, 3.63) is 70.8 Å². The summed E-state index contributed by atoms with van der Waals surface area (Å²) in [7, 11) is 1.64. The van der Waals surface area contributed by atoms with E-state index in [0.717, 1.165) is 23.3 Å². The van der Waals surface area contributed by atoms with E-state index >= 15 is 0 Å². The van der Waals surface area contributed by atoms with Gasteiger partial charge in [0.1, 0.15) is 5.75 Å². The van der Waals surface area contributed by atoms with Crippen LogP contribution in [0.2, 0.25) is 5.02 Å². The van der Waals surface area contributed by atoms with Gasteiger partial charge in [0.05, 0.1) is 13.2 Å². The van der Waals surface area contributed by atoms with E-state index in [1.807, 2.05) is 36.4 Å². The topological polar surface area (TPSA) is 38.3 Å². The van der Waals surface area contributed by atoms with Crippen LogP contribution in [0.1, 0.15) is 37.4 Å². The predicted molar refractivity (Wildman–Crippen MR) is 104 cm³/mol. The maximum absolute atomic E-state index is 12.3. The summed E-state index contributed by atoms with van der Waals surface area (Å²) in [5, 5.41) is 3.77. The Morgan fingerprint density at radius 2 is 1.76 bits per heavy atom. The first-order chi connectivity index (χ1) is 12.0. The van der Waals surface area contributed by atoms with Crippen molar-refractivity contribution in [2.75, 3.05) is 7.11 Å². The number of halogens is 1. The third-order valence-corrected chi connectivity index (χ3v) is 4.09. The molecule has 0 saturated heterocycles. The van der Waals surface area contributed by atoms with E-state index in [0.29, 0.717) is 10.9 Å². The van der Waals surface area contributed by atoms with E-state index in [4.69, 9.17) is 16.3 Å². The van der Waals surface area contributed by atoms with E-state index in [-0.39, 0.29) is 11.9 Å². The molecule has 0 bridgehead atoms. The molecule has 0 unspecified atom stereocenters. The number of methoxy groups -OCH3 is 1. The third kappa shape index (κ3) is 6.28. The summed E-state index contributed by atoms with van der Waals surface area (Å²) in [5.41, 5.74) is 2.01. The zero-order valence-electron chi connectivity index (χ0n) is 14.8. The zero-order chi connectivity index (χ0) is 18.2. The van der Waals surface area contributed by atoms with Crippen LogP contribution >= 0.6 is 11.6 Å². The molecule has 3 nitrogen and oxygen atoms in total. The van der Waals surface area contributed by atoms with Crippen LogP contribution in [-0.2, 0) is 4.79 Å². The first kappa shape index (κ1) is 19.1. The lowest BCUT2D eigenvalue weighted by Gasteiger charge is -2.20. The first-order valence-electron chi connectivity index (χ1n) is 8.36. The van der Waals surface area contributed by atoms with Gasteiger partial charge in [-0.1, -0.05) is 49.7 Å². The van der Waals surface area contributed by atoms with Gasteiger partial charge in [-0.15, -0.1) is 0 Å². The van der Waals surface area contributed by atoms with Gasteiger partial charge < -0.3 is 10.1 Å². The van der Waals surface area contributed by atoms with Crippen molar-refractivity contribution in [2.45, 2.75) is 26.3 Å². The summed E-state index contributed by atoms with van der Waals surface area (Å²) >= 11 is 5.87. The lowest BCUT2D eigenvalue weighted by atomic mass is 9.97. The lowest BCUT2D eigenvalue weighted by Crippen LogP contribution is -2.27. The smallest absolute Gasteiger partial charge is 0.244 e. The molecular formula is C21H24ClNO2. The van der Waals surface area contributed by atoms with Crippen molar-refractivity contribution in [3.8, 4) is 5.75 Å². The molecule has 1 amide bonds. The molecule has 2 aromatic carbocycles. The Morgan fingerprint density at radius 1 is 1.12 bits per heavy atom. The third-order valence-electron chi connectivity index (χ3n) is 3.84. The molecule has 0 heterocycles. The highest BCUT2D eigenvalue weighted by Gasteiger charge is 2.15. The molecule has 2 aromatic rings. The molecule has 0 aromatic heterocycles. The molecule has 0 saturated carbocycles. The second-order valence-electron chi connectivity index (χ2n) is 6.35. The highest BCUT2D eigenvalue weighted by molar-refractivity contribution is 6.30. The highest BCUT2D eigenvalue weighted by atomic mass is 35.5. The molecule has 1 atom stereocenters. The maximum Gasteiger partial charge on any atom is 0.244 e. The number of carbonyl (C=O) groups is 1. The lowest BCUT2D eigenvalue weighted by molar-refractivity contribution is -0.117. The minimum atomic E-state index is -0.114. The fourth-order valence-corrected chi connectivity index (χ4v) is 2.68. The fraction of sp³-hybridized carbons (Fsp3) is 0.286. The molecule has 0 aliphatic rings. The number of benzene rings is 2. The van der Waals surface area contributed by atoms with Crippen LogP contribution in [0.5, 0.6) is 5.75 Å². The van der Waals surface area contributed by atoms with Crippen molar-refractivity contribution >= 4 is 23.6 Å². The van der Waals surface area contributed by atoms with Crippen LogP contribution in [0.3, 0.4) is 0 Å². The average molecular weight is 358 g/mol. The van der Waals surface area contributed by atoms with Crippen molar-refractivity contribution < 1.29 is 9.53 Å². The Balaban J connectivity index is 2.07. The number of hydrogen-bond donors (Lipinski definition) is 1. The van der Waals surface area contributed by atoms with Gasteiger partial charge in [0.15, 0.2) is 0 Å². The molecule has 0 spiro atoms. The Morgan fingerprint density at radius 3 is 2.32 bits per heavy atom. The quantitative estimate of drug-likeness (QED) is 0.686. The van der Waals surface area contributed by atoms with Crippen LogP contribution in [0.4, 0.5) is 0 Å². The fourth-order valence-electron chi connectivity index (χ4n) is 2.55. The molecule has 4 heteroatoms. The molecular weight excluding hydrogens is 334 g/mol. The molecule has 0 aliphatic carbocycles. The number of ether oxygens (including phenoxy) is 1. The van der Waals surface area contributed by atoms with Crippen LogP contribution in [0.15, 0.2) is 54.6 Å². The zero-order valence-corrected chi connectivity index (χ0v) is 15.6. The number of rotatable bonds is 7. The summed E-state index contributed by atoms with van der Waals surface area (Å²) in [4.78, 5) is 12.3. The van der Waals surface area contributed by atoms with Crippen molar-refractivity contribution in [1.29, 1.82) is 0 Å². The van der Waals surface area contributed by atoms with Gasteiger partial charge in [0.2, 0.25) is 5.91 Å².